The number of benzene rings is 2. The van der Waals surface area contributed by atoms with Gasteiger partial charge in [0.2, 0.25) is 20.0 Å². The van der Waals surface area contributed by atoms with E-state index in [2.05, 4.69) is 0 Å². The van der Waals surface area contributed by atoms with Crippen LogP contribution in [0, 0.1) is 0 Å². The Hall–Kier alpha value is -2.40. The predicted molar refractivity (Wildman–Crippen MR) is 174 cm³/mol. The van der Waals surface area contributed by atoms with Gasteiger partial charge in [-0.3, -0.25) is 0 Å². The van der Waals surface area contributed by atoms with E-state index in [0.29, 0.717) is 50.0 Å². The molecule has 2 fully saturated rings. The summed E-state index contributed by atoms with van der Waals surface area (Å²) in [4.78, 5) is 0. The number of hydrogen-bond acceptors (Lipinski definition) is 10. The van der Waals surface area contributed by atoms with Crippen LogP contribution in [0.4, 0.5) is 26.3 Å². The maximum absolute atomic E-state index is 12.9. The van der Waals surface area contributed by atoms with Crippen molar-refractivity contribution in [3.8, 4) is 0 Å². The van der Waals surface area contributed by atoms with Crippen molar-refractivity contribution in [3.63, 3.8) is 0 Å². The zero-order valence-corrected chi connectivity index (χ0v) is 29.6. The van der Waals surface area contributed by atoms with Crippen LogP contribution < -0.4 is 11.0 Å². The highest BCUT2D eigenvalue weighted by Gasteiger charge is 2.38. The monoisotopic (exact) mass is 788 g/mol. The molecule has 2 saturated heterocycles. The number of hydroxylamine groups is 2. The molecule has 0 radical (unpaired) electrons. The molecule has 0 aliphatic carbocycles. The van der Waals surface area contributed by atoms with Gasteiger partial charge in [0, 0.05) is 39.4 Å². The Morgan fingerprint density at radius 3 is 1.37 bits per heavy atom. The third-order valence-corrected chi connectivity index (χ3v) is 13.5. The summed E-state index contributed by atoms with van der Waals surface area (Å²) in [6.45, 7) is 1.21. The molecular weight excluding hydrogens is 746 g/mol. The molecule has 0 unspecified atom stereocenters. The van der Waals surface area contributed by atoms with Gasteiger partial charge in [0.25, 0.3) is 0 Å². The van der Waals surface area contributed by atoms with Crippen LogP contribution in [-0.4, -0.2) is 98.0 Å². The summed E-state index contributed by atoms with van der Waals surface area (Å²) in [5.41, 5.74) is 4.61. The minimum atomic E-state index is -4.47. The van der Waals surface area contributed by atoms with Crippen molar-refractivity contribution >= 4 is 20.0 Å². The molecular formula is C32H42F6N4O8S2. The Morgan fingerprint density at radius 2 is 1.06 bits per heavy atom. The lowest BCUT2D eigenvalue weighted by molar-refractivity contribution is -0.138. The minimum Gasteiger partial charge on any atom is -0.376 e. The van der Waals surface area contributed by atoms with Gasteiger partial charge in [0.1, 0.15) is 0 Å². The number of hydrogen-bond donors (Lipinski definition) is 4. The molecule has 52 heavy (non-hydrogen) atoms. The fraction of sp³-hybridized carbons (Fsp3) is 0.625. The SMILES string of the molecule is O=S(=O)(C[C@@H](NO)[C@H]1CCCO1)N1CCc2ccc(C(F)(F)F)cc2C1.O=S(=O)(C[C@H](NO)[C@H]1CCCO1)N1CCc2ccc(C(F)(F)F)cc2C1. The van der Waals surface area contributed by atoms with Crippen LogP contribution in [-0.2, 0) is 67.8 Å². The standard InChI is InChI=1S/2C16H21F3N2O4S/c2*17-16(18,19)13-4-3-11-5-6-21(9-12(11)8-13)26(23,24)10-14(20-22)15-2-1-7-25-15/h2*3-4,8,14-15,20,22H,1-2,5-7,9-10H2/t14-,15+;14-,15-/m01/s1. The Kier molecular flexibility index (Phi) is 13.0. The van der Waals surface area contributed by atoms with Crippen LogP contribution >= 0.6 is 0 Å². The van der Waals surface area contributed by atoms with E-state index in [4.69, 9.17) is 9.47 Å². The minimum absolute atomic E-state index is 0.106. The lowest BCUT2D eigenvalue weighted by Gasteiger charge is -2.30. The first kappa shape index (κ1) is 40.8. The van der Waals surface area contributed by atoms with Gasteiger partial charge >= 0.3 is 12.4 Å². The van der Waals surface area contributed by atoms with Gasteiger partial charge in [-0.15, -0.1) is 0 Å². The number of halogens is 6. The van der Waals surface area contributed by atoms with Gasteiger partial charge in [0.05, 0.1) is 46.9 Å². The van der Waals surface area contributed by atoms with Crippen molar-refractivity contribution in [3.05, 3.63) is 69.8 Å². The van der Waals surface area contributed by atoms with Crippen LogP contribution in [0.3, 0.4) is 0 Å². The molecule has 4 atom stereocenters. The van der Waals surface area contributed by atoms with Gasteiger partial charge < -0.3 is 19.9 Å². The van der Waals surface area contributed by atoms with Gasteiger partial charge in [-0.2, -0.15) is 45.9 Å². The van der Waals surface area contributed by atoms with Crippen molar-refractivity contribution in [2.45, 2.75) is 88.3 Å². The molecule has 4 aliphatic heterocycles. The largest absolute Gasteiger partial charge is 0.416 e. The van der Waals surface area contributed by atoms with E-state index in [1.165, 1.54) is 20.7 Å². The van der Waals surface area contributed by atoms with Gasteiger partial charge in [-0.25, -0.2) is 16.8 Å². The fourth-order valence-corrected chi connectivity index (χ4v) is 10.2. The number of alkyl halides is 6. The van der Waals surface area contributed by atoms with E-state index in [-0.39, 0.29) is 37.7 Å². The van der Waals surface area contributed by atoms with Crippen LogP contribution in [0.2, 0.25) is 0 Å². The molecule has 6 rings (SSSR count). The fourth-order valence-electron chi connectivity index (χ4n) is 6.85. The zero-order valence-electron chi connectivity index (χ0n) is 28.0. The summed E-state index contributed by atoms with van der Waals surface area (Å²) >= 11 is 0. The van der Waals surface area contributed by atoms with E-state index >= 15 is 0 Å². The van der Waals surface area contributed by atoms with E-state index in [9.17, 15) is 53.6 Å². The van der Waals surface area contributed by atoms with Crippen LogP contribution in [0.15, 0.2) is 36.4 Å². The average molecular weight is 789 g/mol. The Morgan fingerprint density at radius 1 is 0.673 bits per heavy atom. The summed E-state index contributed by atoms with van der Waals surface area (Å²) < 4.78 is 141. The number of fused-ring (bicyclic) bond motifs is 2. The molecule has 4 aliphatic rings. The lowest BCUT2D eigenvalue weighted by atomic mass is 9.98. The Bertz CT molecular complexity index is 1620. The Balaban J connectivity index is 0.000000201. The van der Waals surface area contributed by atoms with Crippen molar-refractivity contribution in [2.24, 2.45) is 0 Å². The quantitative estimate of drug-likeness (QED) is 0.206. The second kappa shape index (κ2) is 16.5. The molecule has 0 bridgehead atoms. The van der Waals surface area contributed by atoms with E-state index in [1.807, 2.05) is 11.0 Å². The van der Waals surface area contributed by atoms with E-state index in [0.717, 1.165) is 48.2 Å². The molecule has 0 aromatic heterocycles. The Labute approximate surface area is 298 Å². The molecule has 4 N–H and O–H groups in total. The number of nitrogens with one attached hydrogen (secondary N) is 2. The molecule has 0 amide bonds. The van der Waals surface area contributed by atoms with Gasteiger partial charge in [-0.05, 0) is 85.0 Å². The number of ether oxygens (including phenoxy) is 2. The maximum atomic E-state index is 12.9. The summed E-state index contributed by atoms with van der Waals surface area (Å²) in [5.74, 6) is -0.745. The van der Waals surface area contributed by atoms with Crippen LogP contribution in [0.25, 0.3) is 0 Å². The average Bonchev–Trinajstić information content (AvgIpc) is 3.84. The van der Waals surface area contributed by atoms with Crippen LogP contribution in [0.1, 0.15) is 59.1 Å². The summed E-state index contributed by atoms with van der Waals surface area (Å²) in [5, 5.41) is 18.6. The van der Waals surface area contributed by atoms with E-state index in [1.54, 1.807) is 0 Å². The summed E-state index contributed by atoms with van der Waals surface area (Å²) in [6, 6.07) is 5.34. The third kappa shape index (κ3) is 10.0. The number of nitrogens with zero attached hydrogens (tertiary/aromatic N) is 2. The van der Waals surface area contributed by atoms with Crippen LogP contribution in [0.5, 0.6) is 0 Å². The maximum Gasteiger partial charge on any atom is 0.416 e. The van der Waals surface area contributed by atoms with Crippen molar-refractivity contribution in [2.75, 3.05) is 37.8 Å². The lowest BCUT2D eigenvalue weighted by Crippen LogP contribution is -2.48. The normalized spacial score (nSPS) is 23.0. The molecule has 2 aromatic carbocycles. The van der Waals surface area contributed by atoms with Gasteiger partial charge in [-0.1, -0.05) is 12.1 Å². The van der Waals surface area contributed by atoms with E-state index < -0.39 is 67.8 Å². The first-order chi connectivity index (χ1) is 24.4. The second-order valence-electron chi connectivity index (χ2n) is 13.3. The topological polar surface area (TPSA) is 158 Å². The number of rotatable bonds is 10. The highest BCUT2D eigenvalue weighted by atomic mass is 32.2. The first-order valence-electron chi connectivity index (χ1n) is 16.8. The molecule has 0 spiro atoms. The third-order valence-electron chi connectivity index (χ3n) is 9.75. The number of sulfonamides is 2. The van der Waals surface area contributed by atoms with Crippen molar-refractivity contribution < 1.29 is 63.1 Å². The van der Waals surface area contributed by atoms with Crippen molar-refractivity contribution in [1.29, 1.82) is 0 Å². The zero-order chi connectivity index (χ0) is 37.9. The molecule has 20 heteroatoms. The second-order valence-corrected chi connectivity index (χ2v) is 17.3. The van der Waals surface area contributed by atoms with Crippen molar-refractivity contribution in [1.82, 2.24) is 19.6 Å². The molecule has 292 valence electrons. The molecule has 12 nitrogen and oxygen atoms in total. The smallest absolute Gasteiger partial charge is 0.376 e. The predicted octanol–water partition coefficient (Wildman–Crippen LogP) is 3.84. The summed E-state index contributed by atoms with van der Waals surface area (Å²) in [6.07, 6.45) is -6.16. The highest BCUT2D eigenvalue weighted by molar-refractivity contribution is 7.89. The molecule has 2 aromatic rings. The highest BCUT2D eigenvalue weighted by Crippen LogP contribution is 2.34. The summed E-state index contributed by atoms with van der Waals surface area (Å²) in [7, 11) is -7.55. The first-order valence-corrected chi connectivity index (χ1v) is 20.0. The molecule has 4 heterocycles. The molecule has 0 saturated carbocycles. The van der Waals surface area contributed by atoms with Gasteiger partial charge in [0.15, 0.2) is 0 Å².